The first-order valence-electron chi connectivity index (χ1n) is 8.48. The van der Waals surface area contributed by atoms with Crippen molar-refractivity contribution in [1.29, 1.82) is 0 Å². The number of piperidine rings is 1. The van der Waals surface area contributed by atoms with Crippen molar-refractivity contribution in [2.24, 2.45) is 0 Å². The summed E-state index contributed by atoms with van der Waals surface area (Å²) in [6.45, 7) is 7.78. The summed E-state index contributed by atoms with van der Waals surface area (Å²) < 4.78 is 5.62. The molecule has 4 heteroatoms. The molecule has 2 bridgehead atoms. The Balaban J connectivity index is 1.86. The fourth-order valence-corrected chi connectivity index (χ4v) is 3.59. The van der Waals surface area contributed by atoms with Gasteiger partial charge in [-0.25, -0.2) is 4.79 Å². The van der Waals surface area contributed by atoms with Gasteiger partial charge >= 0.3 is 6.09 Å². The van der Waals surface area contributed by atoms with Crippen LogP contribution >= 0.6 is 0 Å². The summed E-state index contributed by atoms with van der Waals surface area (Å²) in [7, 11) is 0. The summed E-state index contributed by atoms with van der Waals surface area (Å²) in [5, 5.41) is 0. The highest BCUT2D eigenvalue weighted by atomic mass is 16.6. The minimum Gasteiger partial charge on any atom is -0.444 e. The molecule has 3 rings (SSSR count). The van der Waals surface area contributed by atoms with Crippen LogP contribution in [0.3, 0.4) is 0 Å². The van der Waals surface area contributed by atoms with Crippen LogP contribution in [-0.2, 0) is 4.74 Å². The van der Waals surface area contributed by atoms with Crippen LogP contribution in [0.15, 0.2) is 24.4 Å². The van der Waals surface area contributed by atoms with E-state index in [0.29, 0.717) is 0 Å². The van der Waals surface area contributed by atoms with Crippen LogP contribution in [-0.4, -0.2) is 33.7 Å². The summed E-state index contributed by atoms with van der Waals surface area (Å²) in [5.41, 5.74) is 3.16. The molecule has 23 heavy (non-hydrogen) atoms. The maximum atomic E-state index is 12.6. The van der Waals surface area contributed by atoms with Crippen molar-refractivity contribution in [1.82, 2.24) is 9.88 Å². The lowest BCUT2D eigenvalue weighted by atomic mass is 9.83. The van der Waals surface area contributed by atoms with Crippen LogP contribution in [0.5, 0.6) is 0 Å². The predicted octanol–water partition coefficient (Wildman–Crippen LogP) is 4.34. The van der Waals surface area contributed by atoms with Gasteiger partial charge in [-0.05, 0) is 76.6 Å². The van der Waals surface area contributed by atoms with Crippen LogP contribution in [0.1, 0.15) is 57.7 Å². The van der Waals surface area contributed by atoms with Crippen LogP contribution in [0, 0.1) is 6.92 Å². The zero-order valence-corrected chi connectivity index (χ0v) is 14.5. The number of fused-ring (bicyclic) bond motifs is 2. The number of rotatable bonds is 1. The number of amides is 1. The Kier molecular flexibility index (Phi) is 4.17. The van der Waals surface area contributed by atoms with Crippen molar-refractivity contribution in [3.63, 3.8) is 0 Å². The van der Waals surface area contributed by atoms with Gasteiger partial charge in [-0.1, -0.05) is 6.08 Å². The van der Waals surface area contributed by atoms with Gasteiger partial charge in [0.05, 0.1) is 6.04 Å². The summed E-state index contributed by atoms with van der Waals surface area (Å²) in [6, 6.07) is 4.60. The third kappa shape index (κ3) is 3.57. The van der Waals surface area contributed by atoms with E-state index in [4.69, 9.17) is 4.74 Å². The van der Waals surface area contributed by atoms with E-state index in [1.54, 1.807) is 0 Å². The minimum atomic E-state index is -0.447. The highest BCUT2D eigenvalue weighted by molar-refractivity contribution is 5.74. The van der Waals surface area contributed by atoms with E-state index in [2.05, 4.69) is 23.2 Å². The molecule has 2 atom stereocenters. The molecule has 1 amide bonds. The SMILES string of the molecule is Cc1cc(C2=CC3CCCC(C2)N3C(=O)OC(C)(C)C)ccn1. The Labute approximate surface area is 138 Å². The second-order valence-corrected chi connectivity index (χ2v) is 7.62. The maximum Gasteiger partial charge on any atom is 0.411 e. The average molecular weight is 314 g/mol. The fraction of sp³-hybridized carbons (Fsp3) is 0.579. The number of hydrogen-bond acceptors (Lipinski definition) is 3. The molecule has 3 heterocycles. The molecule has 1 fully saturated rings. The molecule has 1 aromatic rings. The highest BCUT2D eigenvalue weighted by Gasteiger charge is 2.39. The molecule has 0 aromatic carbocycles. The first-order chi connectivity index (χ1) is 10.8. The Morgan fingerprint density at radius 2 is 2.13 bits per heavy atom. The number of aromatic nitrogens is 1. The molecule has 1 saturated heterocycles. The Morgan fingerprint density at radius 3 is 2.78 bits per heavy atom. The predicted molar refractivity (Wildman–Crippen MR) is 91.1 cm³/mol. The van der Waals surface area contributed by atoms with Crippen LogP contribution in [0.4, 0.5) is 4.79 Å². The van der Waals surface area contributed by atoms with Crippen molar-refractivity contribution < 1.29 is 9.53 Å². The van der Waals surface area contributed by atoms with Gasteiger partial charge in [0, 0.05) is 17.9 Å². The van der Waals surface area contributed by atoms with Crippen LogP contribution in [0.2, 0.25) is 0 Å². The standard InChI is InChI=1S/C19H26N2O2/c1-13-10-14(8-9-20-13)15-11-16-6-5-7-17(12-15)21(16)18(22)23-19(2,3)4/h8-11,16-17H,5-7,12H2,1-4H3. The number of nitrogens with zero attached hydrogens (tertiary/aromatic N) is 2. The van der Waals surface area contributed by atoms with Crippen LogP contribution in [0.25, 0.3) is 5.57 Å². The second kappa shape index (κ2) is 5.99. The number of pyridine rings is 1. The van der Waals surface area contributed by atoms with Gasteiger partial charge in [-0.15, -0.1) is 0 Å². The quantitative estimate of drug-likeness (QED) is 0.774. The van der Waals surface area contributed by atoms with E-state index < -0.39 is 5.60 Å². The molecule has 0 spiro atoms. The van der Waals surface area contributed by atoms with E-state index in [9.17, 15) is 4.79 Å². The molecule has 124 valence electrons. The van der Waals surface area contributed by atoms with E-state index in [1.165, 1.54) is 17.6 Å². The molecule has 2 aliphatic rings. The van der Waals surface area contributed by atoms with Gasteiger partial charge < -0.3 is 4.74 Å². The van der Waals surface area contributed by atoms with E-state index in [-0.39, 0.29) is 18.2 Å². The molecule has 1 aromatic heterocycles. The number of carbonyl (C=O) groups is 1. The first-order valence-corrected chi connectivity index (χ1v) is 8.48. The van der Waals surface area contributed by atoms with Gasteiger partial charge in [-0.3, -0.25) is 9.88 Å². The van der Waals surface area contributed by atoms with E-state index >= 15 is 0 Å². The first kappa shape index (κ1) is 16.0. The second-order valence-electron chi connectivity index (χ2n) is 7.62. The van der Waals surface area contributed by atoms with Gasteiger partial charge in [0.1, 0.15) is 5.60 Å². The Bertz CT molecular complexity index is 631. The smallest absolute Gasteiger partial charge is 0.411 e. The Morgan fingerprint density at radius 1 is 1.35 bits per heavy atom. The van der Waals surface area contributed by atoms with E-state index in [0.717, 1.165) is 25.0 Å². The molecule has 0 aliphatic carbocycles. The molecule has 0 saturated carbocycles. The summed E-state index contributed by atoms with van der Waals surface area (Å²) in [4.78, 5) is 18.8. The molecular formula is C19H26N2O2. The zero-order valence-electron chi connectivity index (χ0n) is 14.5. The number of ether oxygens (including phenoxy) is 1. The van der Waals surface area contributed by atoms with Crippen molar-refractivity contribution in [3.05, 3.63) is 35.7 Å². The summed E-state index contributed by atoms with van der Waals surface area (Å²) >= 11 is 0. The lowest BCUT2D eigenvalue weighted by molar-refractivity contribution is 0.0000846. The Hall–Kier alpha value is -1.84. The van der Waals surface area contributed by atoms with Gasteiger partial charge in [0.25, 0.3) is 0 Å². The normalized spacial score (nSPS) is 24.2. The summed E-state index contributed by atoms with van der Waals surface area (Å²) in [6.07, 6.45) is 8.09. The van der Waals surface area contributed by atoms with Crippen molar-refractivity contribution >= 4 is 11.7 Å². The number of carbonyl (C=O) groups excluding carboxylic acids is 1. The van der Waals surface area contributed by atoms with Gasteiger partial charge in [0.2, 0.25) is 0 Å². The summed E-state index contributed by atoms with van der Waals surface area (Å²) in [5.74, 6) is 0. The van der Waals surface area contributed by atoms with Gasteiger partial charge in [0.15, 0.2) is 0 Å². The third-order valence-corrected chi connectivity index (χ3v) is 4.51. The molecular weight excluding hydrogens is 288 g/mol. The lowest BCUT2D eigenvalue weighted by Gasteiger charge is -2.45. The van der Waals surface area contributed by atoms with Gasteiger partial charge in [-0.2, -0.15) is 0 Å². The lowest BCUT2D eigenvalue weighted by Crippen LogP contribution is -2.53. The van der Waals surface area contributed by atoms with Crippen molar-refractivity contribution in [3.8, 4) is 0 Å². The van der Waals surface area contributed by atoms with Crippen molar-refractivity contribution in [2.75, 3.05) is 0 Å². The fourth-order valence-electron chi connectivity index (χ4n) is 3.59. The molecule has 0 radical (unpaired) electrons. The average Bonchev–Trinajstić information content (AvgIpc) is 2.44. The minimum absolute atomic E-state index is 0.154. The number of aryl methyl sites for hydroxylation is 1. The molecule has 4 nitrogen and oxygen atoms in total. The maximum absolute atomic E-state index is 12.6. The van der Waals surface area contributed by atoms with E-state index in [1.807, 2.05) is 38.8 Å². The number of hydrogen-bond donors (Lipinski definition) is 0. The third-order valence-electron chi connectivity index (χ3n) is 4.51. The van der Waals surface area contributed by atoms with Crippen LogP contribution < -0.4 is 0 Å². The molecule has 2 aliphatic heterocycles. The van der Waals surface area contributed by atoms with Crippen molar-refractivity contribution in [2.45, 2.75) is 71.1 Å². The monoisotopic (exact) mass is 314 g/mol. The topological polar surface area (TPSA) is 42.4 Å². The molecule has 2 unspecified atom stereocenters. The molecule has 0 N–H and O–H groups in total. The zero-order chi connectivity index (χ0) is 16.6. The highest BCUT2D eigenvalue weighted by Crippen LogP contribution is 2.37. The largest absolute Gasteiger partial charge is 0.444 e.